The number of esters is 2. The molecule has 0 spiro atoms. The highest BCUT2D eigenvalue weighted by Gasteiger charge is 2.78. The third-order valence-electron chi connectivity index (χ3n) is 2.86. The number of nitrogens with one attached hydrogen (secondary N) is 1. The minimum absolute atomic E-state index is 0.849. The molecule has 0 bridgehead atoms. The predicted octanol–water partition coefficient (Wildman–Crippen LogP) is 1.53. The number of carbonyl (C=O) groups excluding carboxylic acids is 3. The lowest BCUT2D eigenvalue weighted by molar-refractivity contribution is -0.327. The van der Waals surface area contributed by atoms with Crippen LogP contribution in [0, 0.1) is 0 Å². The van der Waals surface area contributed by atoms with Gasteiger partial charge in [-0.2, -0.15) is 26.3 Å². The smallest absolute Gasteiger partial charge is 0.448 e. The number of cyclic esters (lactones) is 1. The van der Waals surface area contributed by atoms with Gasteiger partial charge in [0.05, 0.1) is 7.11 Å². The van der Waals surface area contributed by atoms with Crippen LogP contribution in [0.25, 0.3) is 0 Å². The summed E-state index contributed by atoms with van der Waals surface area (Å²) in [4.78, 5) is 29.3. The summed E-state index contributed by atoms with van der Waals surface area (Å²) in [5.41, 5.74) is 0. The molecule has 1 aliphatic heterocycles. The van der Waals surface area contributed by atoms with E-state index in [0.29, 0.717) is 0 Å². The van der Waals surface area contributed by atoms with Crippen molar-refractivity contribution in [3.05, 3.63) is 0 Å². The average Bonchev–Trinajstić information content (AvgIpc) is 2.75. The maximum absolute atomic E-state index is 12.8. The predicted molar refractivity (Wildman–Crippen MR) is 66.5 cm³/mol. The molecule has 0 aromatic heterocycles. The molecule has 0 radical (unpaired) electrons. The number of halogens is 6. The Morgan fingerprint density at radius 3 is 2.17 bits per heavy atom. The van der Waals surface area contributed by atoms with Crippen LogP contribution >= 0.6 is 11.8 Å². The molecule has 0 aromatic rings. The molecule has 1 N–H and O–H groups in total. The van der Waals surface area contributed by atoms with Crippen molar-refractivity contribution in [3.63, 3.8) is 0 Å². The molecule has 24 heavy (non-hydrogen) atoms. The van der Waals surface area contributed by atoms with E-state index in [1.54, 1.807) is 0 Å². The van der Waals surface area contributed by atoms with Gasteiger partial charge in [-0.15, -0.1) is 0 Å². The largest absolute Gasteiger partial charge is 0.467 e. The average molecular weight is 383 g/mol. The van der Waals surface area contributed by atoms with Gasteiger partial charge >= 0.3 is 29.2 Å². The zero-order chi connectivity index (χ0) is 18.9. The second kappa shape index (κ2) is 6.69. The summed E-state index contributed by atoms with van der Waals surface area (Å²) in [6.45, 7) is 1.18. The first-order chi connectivity index (χ1) is 10.7. The molecule has 2 unspecified atom stereocenters. The van der Waals surface area contributed by atoms with Crippen LogP contribution in [0.4, 0.5) is 26.3 Å². The van der Waals surface area contributed by atoms with E-state index in [1.807, 2.05) is 5.32 Å². The Hall–Kier alpha value is -1.66. The van der Waals surface area contributed by atoms with Crippen LogP contribution in [0.15, 0.2) is 0 Å². The van der Waals surface area contributed by atoms with Gasteiger partial charge in [0, 0.05) is 6.42 Å². The first-order valence-corrected chi connectivity index (χ1v) is 7.04. The highest BCUT2D eigenvalue weighted by Crippen LogP contribution is 2.58. The number of carbonyl (C=O) groups is 3. The molecule has 1 amide bonds. The normalized spacial score (nSPS) is 21.8. The van der Waals surface area contributed by atoms with Crippen LogP contribution in [0.2, 0.25) is 0 Å². The van der Waals surface area contributed by atoms with Crippen molar-refractivity contribution in [2.45, 2.75) is 41.9 Å². The summed E-state index contributed by atoms with van der Waals surface area (Å²) < 4.78 is 84.5. The van der Waals surface area contributed by atoms with Crippen molar-refractivity contribution < 1.29 is 50.2 Å². The minimum atomic E-state index is -5.92. The summed E-state index contributed by atoms with van der Waals surface area (Å²) in [6.07, 6.45) is -12.9. The van der Waals surface area contributed by atoms with Crippen LogP contribution < -0.4 is 5.32 Å². The number of alkyl halides is 6. The van der Waals surface area contributed by atoms with E-state index in [2.05, 4.69) is 9.47 Å². The van der Waals surface area contributed by atoms with Crippen LogP contribution in [-0.4, -0.2) is 53.5 Å². The SMILES string of the molecule is COC(=O)C(C)NC(=O)CC1SC(C(F)(F)F)(C(F)(F)F)OC1=O. The van der Waals surface area contributed by atoms with E-state index >= 15 is 0 Å². The van der Waals surface area contributed by atoms with Crippen molar-refractivity contribution in [2.24, 2.45) is 0 Å². The van der Waals surface area contributed by atoms with E-state index in [9.17, 15) is 40.7 Å². The first kappa shape index (κ1) is 20.4. The first-order valence-electron chi connectivity index (χ1n) is 6.16. The Kier molecular flexibility index (Phi) is 5.68. The second-order valence-electron chi connectivity index (χ2n) is 4.66. The molecule has 1 heterocycles. The number of hydrogen-bond acceptors (Lipinski definition) is 6. The van der Waals surface area contributed by atoms with Gasteiger partial charge in [0.15, 0.2) is 0 Å². The van der Waals surface area contributed by atoms with Gasteiger partial charge in [-0.1, -0.05) is 11.8 Å². The highest BCUT2D eigenvalue weighted by atomic mass is 32.2. The van der Waals surface area contributed by atoms with E-state index in [4.69, 9.17) is 0 Å². The molecule has 1 fully saturated rings. The molecule has 138 valence electrons. The standard InChI is InChI=1S/C11H11F6NO5S/c1-4(7(20)22-2)18-6(19)3-5-8(21)23-9(24-5,10(12,13)14)11(15,16)17/h4-5H,3H2,1-2H3,(H,18,19). The Morgan fingerprint density at radius 2 is 1.79 bits per heavy atom. The van der Waals surface area contributed by atoms with Crippen molar-refractivity contribution in [1.29, 1.82) is 0 Å². The number of amides is 1. The van der Waals surface area contributed by atoms with E-state index in [-0.39, 0.29) is 0 Å². The van der Waals surface area contributed by atoms with Gasteiger partial charge in [0.2, 0.25) is 5.91 Å². The fraction of sp³-hybridized carbons (Fsp3) is 0.727. The van der Waals surface area contributed by atoms with Crippen molar-refractivity contribution in [2.75, 3.05) is 7.11 Å². The number of methoxy groups -OCH3 is 1. The van der Waals surface area contributed by atoms with Crippen LogP contribution in [-0.2, 0) is 23.9 Å². The minimum Gasteiger partial charge on any atom is -0.467 e. The summed E-state index contributed by atoms with van der Waals surface area (Å²) in [7, 11) is 1.01. The lowest BCUT2D eigenvalue weighted by Crippen LogP contribution is -2.54. The van der Waals surface area contributed by atoms with Gasteiger partial charge in [0.1, 0.15) is 11.3 Å². The number of ether oxygens (including phenoxy) is 2. The molecule has 0 saturated carbocycles. The monoisotopic (exact) mass is 383 g/mol. The van der Waals surface area contributed by atoms with Gasteiger partial charge in [-0.3, -0.25) is 9.59 Å². The molecule has 0 aliphatic carbocycles. The number of thioether (sulfide) groups is 1. The van der Waals surface area contributed by atoms with E-state index in [0.717, 1.165) is 7.11 Å². The Labute approximate surface area is 135 Å². The zero-order valence-electron chi connectivity index (χ0n) is 12.1. The van der Waals surface area contributed by atoms with Gasteiger partial charge in [-0.25, -0.2) is 4.79 Å². The third-order valence-corrected chi connectivity index (χ3v) is 4.39. The Morgan fingerprint density at radius 1 is 1.29 bits per heavy atom. The number of hydrogen-bond donors (Lipinski definition) is 1. The lowest BCUT2D eigenvalue weighted by atomic mass is 10.2. The van der Waals surface area contributed by atoms with Gasteiger partial charge < -0.3 is 14.8 Å². The summed E-state index contributed by atoms with van der Waals surface area (Å²) >= 11 is -0.849. The molecule has 2 atom stereocenters. The third kappa shape index (κ3) is 3.87. The second-order valence-corrected chi connectivity index (χ2v) is 6.04. The molecular weight excluding hydrogens is 372 g/mol. The van der Waals surface area contributed by atoms with Crippen molar-refractivity contribution >= 4 is 29.6 Å². The van der Waals surface area contributed by atoms with E-state index in [1.165, 1.54) is 6.92 Å². The fourth-order valence-electron chi connectivity index (χ4n) is 1.72. The molecule has 13 heteroatoms. The molecule has 0 aromatic carbocycles. The molecule has 1 saturated heterocycles. The summed E-state index contributed by atoms with van der Waals surface area (Å²) in [5, 5.41) is -0.0438. The summed E-state index contributed by atoms with van der Waals surface area (Å²) in [6, 6.07) is -1.19. The van der Waals surface area contributed by atoms with Crippen molar-refractivity contribution in [1.82, 2.24) is 5.32 Å². The Bertz CT molecular complexity index is 520. The molecular formula is C11H11F6NO5S. The van der Waals surface area contributed by atoms with Crippen LogP contribution in [0.1, 0.15) is 13.3 Å². The molecule has 1 aliphatic rings. The zero-order valence-corrected chi connectivity index (χ0v) is 12.9. The highest BCUT2D eigenvalue weighted by molar-refractivity contribution is 8.02. The van der Waals surface area contributed by atoms with Crippen molar-refractivity contribution in [3.8, 4) is 0 Å². The van der Waals surface area contributed by atoms with E-state index < -0.39 is 64.6 Å². The Balaban J connectivity index is 2.88. The van der Waals surface area contributed by atoms with Gasteiger partial charge in [-0.05, 0) is 6.92 Å². The van der Waals surface area contributed by atoms with Crippen LogP contribution in [0.5, 0.6) is 0 Å². The quantitative estimate of drug-likeness (QED) is 0.586. The maximum Gasteiger partial charge on any atom is 0.448 e. The lowest BCUT2D eigenvalue weighted by Gasteiger charge is -2.30. The maximum atomic E-state index is 12.8. The molecule has 1 rings (SSSR count). The topological polar surface area (TPSA) is 81.7 Å². The molecule has 6 nitrogen and oxygen atoms in total. The summed E-state index contributed by atoms with van der Waals surface area (Å²) in [5.74, 6) is -3.82. The number of rotatable bonds is 4. The van der Waals surface area contributed by atoms with Gasteiger partial charge in [0.25, 0.3) is 0 Å². The fourth-order valence-corrected chi connectivity index (χ4v) is 2.90. The van der Waals surface area contributed by atoms with Crippen LogP contribution in [0.3, 0.4) is 0 Å².